The van der Waals surface area contributed by atoms with Crippen molar-refractivity contribution in [1.82, 2.24) is 4.98 Å². The normalized spacial score (nSPS) is 11.4. The van der Waals surface area contributed by atoms with Gasteiger partial charge in [-0.05, 0) is 53.8 Å². The van der Waals surface area contributed by atoms with Crippen LogP contribution in [-0.2, 0) is 30.3 Å². The molecule has 5 rings (SSSR count). The minimum absolute atomic E-state index is 0. The first kappa shape index (κ1) is 30.2. The minimum Gasteiger partial charge on any atom is -0.512 e. The van der Waals surface area contributed by atoms with E-state index >= 15 is 0 Å². The fourth-order valence-electron chi connectivity index (χ4n) is 4.07. The molecule has 0 unspecified atom stereocenters. The van der Waals surface area contributed by atoms with Crippen molar-refractivity contribution in [2.45, 2.75) is 40.0 Å². The minimum atomic E-state index is -0.125. The molecule has 5 heteroatoms. The molecule has 1 N–H and O–H groups in total. The van der Waals surface area contributed by atoms with Gasteiger partial charge in [-0.2, -0.15) is 0 Å². The second kappa shape index (κ2) is 13.1. The van der Waals surface area contributed by atoms with Crippen LogP contribution < -0.4 is 0 Å². The molecule has 0 aliphatic heterocycles. The second-order valence-corrected chi connectivity index (χ2v) is 11.4. The summed E-state index contributed by atoms with van der Waals surface area (Å²) in [5.41, 5.74) is 8.16. The summed E-state index contributed by atoms with van der Waals surface area (Å²) in [5, 5.41) is 8.36. The van der Waals surface area contributed by atoms with Crippen LogP contribution in [0.15, 0.2) is 103 Å². The van der Waals surface area contributed by atoms with Crippen LogP contribution in [0.4, 0.5) is 0 Å². The van der Waals surface area contributed by atoms with Crippen molar-refractivity contribution in [2.75, 3.05) is 0 Å². The van der Waals surface area contributed by atoms with Gasteiger partial charge >= 0.3 is 0 Å². The summed E-state index contributed by atoms with van der Waals surface area (Å²) < 4.78 is 1.21. The number of aromatic nitrogens is 1. The summed E-state index contributed by atoms with van der Waals surface area (Å²) in [6.45, 7) is 9.59. The van der Waals surface area contributed by atoms with E-state index in [1.54, 1.807) is 11.3 Å². The van der Waals surface area contributed by atoms with Crippen LogP contribution >= 0.6 is 11.3 Å². The maximum Gasteiger partial charge on any atom is 0.155 e. The van der Waals surface area contributed by atoms with Gasteiger partial charge < -0.3 is 5.11 Å². The zero-order valence-corrected chi connectivity index (χ0v) is 26.0. The molecule has 2 aromatic heterocycles. The predicted octanol–water partition coefficient (Wildman–Crippen LogP) is 9.43. The van der Waals surface area contributed by atoms with Gasteiger partial charge in [-0.3, -0.25) is 9.78 Å². The van der Waals surface area contributed by atoms with E-state index in [0.29, 0.717) is 0 Å². The average molecular weight is 711 g/mol. The van der Waals surface area contributed by atoms with Crippen LogP contribution in [0.5, 0.6) is 0 Å². The molecule has 2 heterocycles. The Bertz CT molecular complexity index is 1580. The molecule has 39 heavy (non-hydrogen) atoms. The van der Waals surface area contributed by atoms with Gasteiger partial charge in [0.05, 0.1) is 16.0 Å². The molecule has 1 radical (unpaired) electrons. The maximum atomic E-state index is 10.0. The number of carbonyl (C=O) groups is 1. The topological polar surface area (TPSA) is 50.2 Å². The van der Waals surface area contributed by atoms with Crippen molar-refractivity contribution in [1.29, 1.82) is 0 Å². The zero-order valence-electron chi connectivity index (χ0n) is 22.8. The summed E-state index contributed by atoms with van der Waals surface area (Å²) in [4.78, 5) is 16.2. The Hall–Kier alpha value is -3.37. The maximum absolute atomic E-state index is 10.0. The number of hydrogen-bond donors (Lipinski definition) is 1. The number of rotatable bonds is 4. The molecule has 0 fully saturated rings. The summed E-state index contributed by atoms with van der Waals surface area (Å²) in [5.74, 6) is -0.0625. The molecule has 0 atom stereocenters. The Kier molecular flexibility index (Phi) is 10.2. The summed E-state index contributed by atoms with van der Waals surface area (Å²) in [6, 6.07) is 35.5. The SMILES string of the molecule is CC(=O)/C=C(/C)O.CC(C)(C)c1ccc(-c2cc3nc(-c4[c-]ccc(-c5ccccc5)c4)ccc3s2)cc1.[Ir]. The van der Waals surface area contributed by atoms with E-state index in [9.17, 15) is 4.79 Å². The first-order valence-electron chi connectivity index (χ1n) is 12.6. The Balaban J connectivity index is 0.000000468. The van der Waals surface area contributed by atoms with Crippen LogP contribution in [0.25, 0.3) is 43.0 Å². The van der Waals surface area contributed by atoms with E-state index in [-0.39, 0.29) is 37.1 Å². The number of aliphatic hydroxyl groups is 1. The number of allylic oxidation sites excluding steroid dienone is 2. The molecule has 3 aromatic carbocycles. The van der Waals surface area contributed by atoms with E-state index in [4.69, 9.17) is 10.1 Å². The molecular weight excluding hydrogens is 679 g/mol. The average Bonchev–Trinajstić information content (AvgIpc) is 3.32. The summed E-state index contributed by atoms with van der Waals surface area (Å²) >= 11 is 1.79. The zero-order chi connectivity index (χ0) is 27.3. The Morgan fingerprint density at radius 1 is 0.872 bits per heavy atom. The Morgan fingerprint density at radius 3 is 2.15 bits per heavy atom. The monoisotopic (exact) mass is 711 g/mol. The molecule has 201 valence electrons. The predicted molar refractivity (Wildman–Crippen MR) is 161 cm³/mol. The van der Waals surface area contributed by atoms with Gasteiger partial charge in [0.15, 0.2) is 5.78 Å². The van der Waals surface area contributed by atoms with E-state index in [1.165, 1.54) is 51.8 Å². The third-order valence-corrected chi connectivity index (χ3v) is 7.14. The number of nitrogens with zero attached hydrogens (tertiary/aromatic N) is 1. The van der Waals surface area contributed by atoms with Gasteiger partial charge in [-0.15, -0.1) is 46.7 Å². The molecule has 0 bridgehead atoms. The van der Waals surface area contributed by atoms with Crippen LogP contribution in [0.2, 0.25) is 0 Å². The van der Waals surface area contributed by atoms with Gasteiger partial charge in [-0.25, -0.2) is 0 Å². The molecular formula is C34H32IrNO2S-. The quantitative estimate of drug-likeness (QED) is 0.115. The Morgan fingerprint density at radius 2 is 1.56 bits per heavy atom. The number of thiophene rings is 1. The Labute approximate surface area is 248 Å². The largest absolute Gasteiger partial charge is 0.512 e. The first-order valence-corrected chi connectivity index (χ1v) is 13.4. The first-order chi connectivity index (χ1) is 18.1. The summed E-state index contributed by atoms with van der Waals surface area (Å²) in [6.07, 6.45) is 1.17. The molecule has 0 saturated heterocycles. The van der Waals surface area contributed by atoms with Gasteiger partial charge in [0.1, 0.15) is 0 Å². The van der Waals surface area contributed by atoms with Crippen molar-refractivity contribution in [3.63, 3.8) is 0 Å². The number of hydrogen-bond acceptors (Lipinski definition) is 4. The van der Waals surface area contributed by atoms with Crippen molar-refractivity contribution in [3.05, 3.63) is 114 Å². The third kappa shape index (κ3) is 8.06. The number of pyridine rings is 1. The smallest absolute Gasteiger partial charge is 0.155 e. The van der Waals surface area contributed by atoms with Crippen LogP contribution in [-0.4, -0.2) is 15.9 Å². The van der Waals surface area contributed by atoms with Gasteiger partial charge in [0.25, 0.3) is 0 Å². The summed E-state index contributed by atoms with van der Waals surface area (Å²) in [7, 11) is 0. The standard InChI is InChI=1S/C29H24NS.C5H8O2.Ir/c1-29(2,3)24-14-12-21(13-15-24)28-19-26-27(31-28)17-16-25(30-26)23-11-7-10-22(18-23)20-8-5-4-6-9-20;1-4(6)3-5(2)7;/h4-10,12-19H,1-3H3;3,6H,1-2H3;/q-1;;/b;4-3-;. The van der Waals surface area contributed by atoms with E-state index in [1.807, 2.05) is 12.1 Å². The van der Waals surface area contributed by atoms with Crippen molar-refractivity contribution in [2.24, 2.45) is 0 Å². The molecule has 3 nitrogen and oxygen atoms in total. The van der Waals surface area contributed by atoms with Crippen LogP contribution in [0.3, 0.4) is 0 Å². The molecule has 0 spiro atoms. The molecule has 0 aliphatic carbocycles. The number of aliphatic hydroxyl groups excluding tert-OH is 1. The number of fused-ring (bicyclic) bond motifs is 1. The molecule has 0 saturated carbocycles. The van der Waals surface area contributed by atoms with Crippen molar-refractivity contribution in [3.8, 4) is 32.8 Å². The van der Waals surface area contributed by atoms with Gasteiger partial charge in [0.2, 0.25) is 0 Å². The van der Waals surface area contributed by atoms with E-state index in [0.717, 1.165) is 16.8 Å². The molecule has 5 aromatic rings. The fraction of sp³-hybridized carbons (Fsp3) is 0.176. The molecule has 0 amide bonds. The molecule has 0 aliphatic rings. The third-order valence-electron chi connectivity index (χ3n) is 6.01. The van der Waals surface area contributed by atoms with Crippen LogP contribution in [0.1, 0.15) is 40.2 Å². The number of carbonyl (C=O) groups excluding carboxylic acids is 1. The fourth-order valence-corrected chi connectivity index (χ4v) is 5.08. The van der Waals surface area contributed by atoms with Gasteiger partial charge in [-0.1, -0.05) is 81.4 Å². The van der Waals surface area contributed by atoms with Crippen molar-refractivity contribution >= 4 is 27.3 Å². The van der Waals surface area contributed by atoms with E-state index in [2.05, 4.69) is 106 Å². The van der Waals surface area contributed by atoms with Crippen molar-refractivity contribution < 1.29 is 30.0 Å². The van der Waals surface area contributed by atoms with Crippen LogP contribution in [0, 0.1) is 6.07 Å². The second-order valence-electron chi connectivity index (χ2n) is 10.3. The van der Waals surface area contributed by atoms with E-state index < -0.39 is 0 Å². The number of benzene rings is 3. The van der Waals surface area contributed by atoms with Gasteiger partial charge in [0, 0.05) is 31.1 Å². The number of ketones is 1.